The van der Waals surface area contributed by atoms with E-state index in [1.807, 2.05) is 31.2 Å². The van der Waals surface area contributed by atoms with Crippen molar-refractivity contribution in [3.05, 3.63) is 59.7 Å². The SMILES string of the molecule is CC(CC(=O)N[C@@H](C(=O)O)C(C)(C)C)(NC(=O)OCC1c2ccccc2-c2ccccc21)C1CC1. The van der Waals surface area contributed by atoms with Crippen LogP contribution in [0.3, 0.4) is 0 Å². The number of hydrogen-bond donors (Lipinski definition) is 3. The van der Waals surface area contributed by atoms with E-state index in [-0.39, 0.29) is 24.9 Å². The minimum Gasteiger partial charge on any atom is -0.480 e. The molecule has 4 rings (SSSR count). The minimum atomic E-state index is -1.08. The molecule has 3 N–H and O–H groups in total. The van der Waals surface area contributed by atoms with Gasteiger partial charge in [0.2, 0.25) is 5.91 Å². The molecule has 186 valence electrons. The van der Waals surface area contributed by atoms with Crippen molar-refractivity contribution in [2.24, 2.45) is 11.3 Å². The minimum absolute atomic E-state index is 0.0122. The molecule has 7 heteroatoms. The van der Waals surface area contributed by atoms with E-state index in [4.69, 9.17) is 4.74 Å². The molecule has 0 aliphatic heterocycles. The van der Waals surface area contributed by atoms with Gasteiger partial charge in [0.05, 0.1) is 5.54 Å². The number of alkyl carbamates (subject to hydrolysis) is 1. The molecular formula is C28H34N2O5. The Kier molecular flexibility index (Phi) is 6.62. The fourth-order valence-corrected chi connectivity index (χ4v) is 5.07. The molecule has 2 aliphatic carbocycles. The Labute approximate surface area is 206 Å². The normalized spacial score (nSPS) is 17.5. The number of nitrogens with one attached hydrogen (secondary N) is 2. The lowest BCUT2D eigenvalue weighted by atomic mass is 9.86. The number of rotatable bonds is 8. The number of ether oxygens (including phenoxy) is 1. The number of carboxylic acid groups (broad SMARTS) is 1. The molecule has 1 unspecified atom stereocenters. The van der Waals surface area contributed by atoms with Crippen molar-refractivity contribution in [3.8, 4) is 11.1 Å². The Morgan fingerprint density at radius 1 is 0.971 bits per heavy atom. The maximum absolute atomic E-state index is 12.9. The third kappa shape index (κ3) is 5.34. The molecule has 0 radical (unpaired) electrons. The molecule has 2 aliphatic rings. The first-order chi connectivity index (χ1) is 16.5. The monoisotopic (exact) mass is 478 g/mol. The fraction of sp³-hybridized carbons (Fsp3) is 0.464. The van der Waals surface area contributed by atoms with Crippen molar-refractivity contribution in [1.29, 1.82) is 0 Å². The van der Waals surface area contributed by atoms with E-state index in [0.717, 1.165) is 35.1 Å². The Morgan fingerprint density at radius 2 is 1.51 bits per heavy atom. The molecule has 35 heavy (non-hydrogen) atoms. The molecule has 2 atom stereocenters. The Morgan fingerprint density at radius 3 is 2.00 bits per heavy atom. The molecule has 0 heterocycles. The standard InChI is InChI=1S/C28H34N2O5/c1-27(2,3)24(25(32)33)29-23(31)15-28(4,17-13-14-17)30-26(34)35-16-22-20-11-7-5-9-18(20)19-10-6-8-12-21(19)22/h5-12,17,22,24H,13-16H2,1-4H3,(H,29,31)(H,30,34)(H,32,33)/t24-,28?/m0/s1. The predicted molar refractivity (Wildman–Crippen MR) is 133 cm³/mol. The van der Waals surface area contributed by atoms with Gasteiger partial charge in [-0.3, -0.25) is 4.79 Å². The van der Waals surface area contributed by atoms with Crippen LogP contribution < -0.4 is 10.6 Å². The van der Waals surface area contributed by atoms with E-state index < -0.39 is 35.0 Å². The summed E-state index contributed by atoms with van der Waals surface area (Å²) in [5.74, 6) is -1.39. The van der Waals surface area contributed by atoms with Crippen LogP contribution in [0.5, 0.6) is 0 Å². The summed E-state index contributed by atoms with van der Waals surface area (Å²) < 4.78 is 5.69. The van der Waals surface area contributed by atoms with E-state index >= 15 is 0 Å². The Bertz CT molecular complexity index is 1090. The summed E-state index contributed by atoms with van der Waals surface area (Å²) in [7, 11) is 0. The largest absolute Gasteiger partial charge is 0.480 e. The van der Waals surface area contributed by atoms with Gasteiger partial charge < -0.3 is 20.5 Å². The third-order valence-electron chi connectivity index (χ3n) is 7.16. The first kappa shape index (κ1) is 24.8. The van der Waals surface area contributed by atoms with Gasteiger partial charge >= 0.3 is 12.1 Å². The van der Waals surface area contributed by atoms with E-state index in [2.05, 4.69) is 34.9 Å². The Balaban J connectivity index is 1.41. The summed E-state index contributed by atoms with van der Waals surface area (Å²) in [5, 5.41) is 15.1. The number of benzene rings is 2. The maximum atomic E-state index is 12.9. The van der Waals surface area contributed by atoms with Gasteiger partial charge in [0.1, 0.15) is 12.6 Å². The highest BCUT2D eigenvalue weighted by Crippen LogP contribution is 2.45. The second-order valence-electron chi connectivity index (χ2n) is 11.0. The molecular weight excluding hydrogens is 444 g/mol. The quantitative estimate of drug-likeness (QED) is 0.510. The first-order valence-electron chi connectivity index (χ1n) is 12.1. The van der Waals surface area contributed by atoms with Gasteiger partial charge in [-0.25, -0.2) is 9.59 Å². The molecule has 2 aromatic rings. The van der Waals surface area contributed by atoms with Gasteiger partial charge in [-0.1, -0.05) is 69.3 Å². The average molecular weight is 479 g/mol. The van der Waals surface area contributed by atoms with Crippen LogP contribution in [0, 0.1) is 11.3 Å². The van der Waals surface area contributed by atoms with Gasteiger partial charge in [0.25, 0.3) is 0 Å². The van der Waals surface area contributed by atoms with Crippen molar-refractivity contribution in [1.82, 2.24) is 10.6 Å². The zero-order valence-electron chi connectivity index (χ0n) is 20.8. The lowest BCUT2D eigenvalue weighted by molar-refractivity contribution is -0.145. The highest BCUT2D eigenvalue weighted by atomic mass is 16.5. The summed E-state index contributed by atoms with van der Waals surface area (Å²) in [6.45, 7) is 7.32. The molecule has 0 spiro atoms. The van der Waals surface area contributed by atoms with Crippen molar-refractivity contribution in [3.63, 3.8) is 0 Å². The van der Waals surface area contributed by atoms with Crippen molar-refractivity contribution >= 4 is 18.0 Å². The number of carboxylic acids is 1. The van der Waals surface area contributed by atoms with Gasteiger partial charge in [-0.15, -0.1) is 0 Å². The molecule has 0 aromatic heterocycles. The fourth-order valence-electron chi connectivity index (χ4n) is 5.07. The van der Waals surface area contributed by atoms with Crippen LogP contribution in [0.15, 0.2) is 48.5 Å². The van der Waals surface area contributed by atoms with Gasteiger partial charge in [-0.05, 0) is 53.4 Å². The smallest absolute Gasteiger partial charge is 0.407 e. The van der Waals surface area contributed by atoms with E-state index in [0.29, 0.717) is 0 Å². The summed E-state index contributed by atoms with van der Waals surface area (Å²) >= 11 is 0. The number of fused-ring (bicyclic) bond motifs is 3. The second kappa shape index (κ2) is 9.36. The molecule has 0 bridgehead atoms. The topological polar surface area (TPSA) is 105 Å². The third-order valence-corrected chi connectivity index (χ3v) is 7.16. The molecule has 2 aromatic carbocycles. The van der Waals surface area contributed by atoms with E-state index in [1.54, 1.807) is 20.8 Å². The van der Waals surface area contributed by atoms with Crippen LogP contribution in [0.4, 0.5) is 4.79 Å². The summed E-state index contributed by atoms with van der Waals surface area (Å²) in [6, 6.07) is 15.3. The van der Waals surface area contributed by atoms with Crippen LogP contribution >= 0.6 is 0 Å². The van der Waals surface area contributed by atoms with Crippen molar-refractivity contribution in [2.75, 3.05) is 6.61 Å². The van der Waals surface area contributed by atoms with Crippen molar-refractivity contribution < 1.29 is 24.2 Å². The average Bonchev–Trinajstić information content (AvgIpc) is 3.59. The highest BCUT2D eigenvalue weighted by molar-refractivity contribution is 5.85. The molecule has 1 fully saturated rings. The maximum Gasteiger partial charge on any atom is 0.407 e. The lowest BCUT2D eigenvalue weighted by Gasteiger charge is -2.33. The van der Waals surface area contributed by atoms with Crippen LogP contribution in [-0.2, 0) is 14.3 Å². The molecule has 1 saturated carbocycles. The highest BCUT2D eigenvalue weighted by Gasteiger charge is 2.45. The van der Waals surface area contributed by atoms with E-state index in [1.165, 1.54) is 0 Å². The molecule has 0 saturated heterocycles. The number of carbonyl (C=O) groups is 3. The molecule has 2 amide bonds. The first-order valence-corrected chi connectivity index (χ1v) is 12.1. The number of aliphatic carboxylic acids is 1. The summed E-state index contributed by atoms with van der Waals surface area (Å²) in [6.07, 6.45) is 1.21. The zero-order valence-corrected chi connectivity index (χ0v) is 20.8. The zero-order chi connectivity index (χ0) is 25.4. The number of carbonyl (C=O) groups excluding carboxylic acids is 2. The number of amides is 2. The predicted octanol–water partition coefficient (Wildman–Crippen LogP) is 4.70. The van der Waals surface area contributed by atoms with E-state index in [9.17, 15) is 19.5 Å². The van der Waals surface area contributed by atoms with Crippen LogP contribution in [-0.4, -0.2) is 41.3 Å². The molecule has 7 nitrogen and oxygen atoms in total. The van der Waals surface area contributed by atoms with Gasteiger partial charge in [0.15, 0.2) is 0 Å². The summed E-state index contributed by atoms with van der Waals surface area (Å²) in [4.78, 5) is 37.3. The second-order valence-corrected chi connectivity index (χ2v) is 11.0. The lowest BCUT2D eigenvalue weighted by Crippen LogP contribution is -2.54. The van der Waals surface area contributed by atoms with Crippen LogP contribution in [0.1, 0.15) is 64.0 Å². The van der Waals surface area contributed by atoms with Crippen molar-refractivity contribution in [2.45, 2.75) is 64.5 Å². The Hall–Kier alpha value is -3.35. The number of hydrogen-bond acceptors (Lipinski definition) is 4. The van der Waals surface area contributed by atoms with Crippen LogP contribution in [0.25, 0.3) is 11.1 Å². The van der Waals surface area contributed by atoms with Gasteiger partial charge in [0, 0.05) is 12.3 Å². The van der Waals surface area contributed by atoms with Gasteiger partial charge in [-0.2, -0.15) is 0 Å². The van der Waals surface area contributed by atoms with Crippen LogP contribution in [0.2, 0.25) is 0 Å². The summed E-state index contributed by atoms with van der Waals surface area (Å²) in [5.41, 5.74) is 3.12.